The number of hydrogen-bond donors (Lipinski definition) is 0. The van der Waals surface area contributed by atoms with Crippen LogP contribution in [0, 0.1) is 22.7 Å². The van der Waals surface area contributed by atoms with Gasteiger partial charge in [0.15, 0.2) is 23.0 Å². The van der Waals surface area contributed by atoms with Crippen LogP contribution in [-0.2, 0) is 4.74 Å². The minimum Gasteiger partial charge on any atom is -0.456 e. The number of fused-ring (bicyclic) bond motifs is 15. The second-order valence-electron chi connectivity index (χ2n) is 18.0. The van der Waals surface area contributed by atoms with Gasteiger partial charge in [-0.2, -0.15) is 10.5 Å². The zero-order valence-corrected chi connectivity index (χ0v) is 36.6. The predicted molar refractivity (Wildman–Crippen MR) is 267 cm³/mol. The lowest BCUT2D eigenvalue weighted by molar-refractivity contribution is 0.0717. The minimum atomic E-state index is -0.355. The van der Waals surface area contributed by atoms with Crippen LogP contribution in [0.5, 0.6) is 23.0 Å². The van der Waals surface area contributed by atoms with Crippen LogP contribution in [0.25, 0.3) is 66.1 Å². The van der Waals surface area contributed by atoms with Gasteiger partial charge in [0.2, 0.25) is 0 Å². The van der Waals surface area contributed by atoms with Crippen molar-refractivity contribution >= 4 is 78.0 Å². The molecular weight excluding hydrogens is 857 g/mol. The first-order valence-corrected chi connectivity index (χ1v) is 23.0. The highest BCUT2D eigenvalue weighted by Gasteiger charge is 2.48. The number of nitrogens with zero attached hydrogens (tertiary/aromatic N) is 4. The maximum Gasteiger partial charge on any atom is 0.155 e. The summed E-state index contributed by atoms with van der Waals surface area (Å²) in [4.78, 5) is 4.23. The van der Waals surface area contributed by atoms with Gasteiger partial charge >= 0.3 is 0 Å². The molecule has 0 spiro atoms. The molecule has 4 aliphatic heterocycles. The summed E-state index contributed by atoms with van der Waals surface area (Å²) in [6.07, 6.45) is 0.790. The van der Waals surface area contributed by atoms with E-state index in [0.717, 1.165) is 90.3 Å². The maximum atomic E-state index is 12.1. The van der Waals surface area contributed by atoms with Crippen molar-refractivity contribution in [1.29, 1.82) is 10.5 Å². The van der Waals surface area contributed by atoms with Gasteiger partial charge in [0.05, 0.1) is 51.9 Å². The number of furan rings is 2. The average molecular weight is 891 g/mol. The normalized spacial score (nSPS) is 16.1. The van der Waals surface area contributed by atoms with Gasteiger partial charge < -0.3 is 32.8 Å². The molecule has 324 valence electrons. The van der Waals surface area contributed by atoms with Gasteiger partial charge in [0.25, 0.3) is 0 Å². The first-order chi connectivity index (χ1) is 34.1. The Morgan fingerprint density at radius 3 is 1.38 bits per heavy atom. The molecule has 6 heterocycles. The van der Waals surface area contributed by atoms with Gasteiger partial charge in [-0.1, -0.05) is 109 Å². The average Bonchev–Trinajstić information content (AvgIpc) is 4.20. The van der Waals surface area contributed by atoms with Crippen molar-refractivity contribution in [3.8, 4) is 57.4 Å². The van der Waals surface area contributed by atoms with Gasteiger partial charge in [-0.15, -0.1) is 0 Å². The van der Waals surface area contributed by atoms with Crippen molar-refractivity contribution in [3.05, 3.63) is 192 Å². The molecule has 1 saturated heterocycles. The summed E-state index contributed by atoms with van der Waals surface area (Å²) in [5, 5.41) is 27.4. The smallest absolute Gasteiger partial charge is 0.155 e. The van der Waals surface area contributed by atoms with Crippen LogP contribution >= 0.6 is 0 Å². The fourth-order valence-corrected chi connectivity index (χ4v) is 11.3. The van der Waals surface area contributed by atoms with Gasteiger partial charge in [-0.25, -0.2) is 0 Å². The largest absolute Gasteiger partial charge is 0.456 e. The topological polar surface area (TPSA) is 108 Å². The molecule has 9 heteroatoms. The summed E-state index contributed by atoms with van der Waals surface area (Å²) in [5.41, 5.74) is 13.1. The molecule has 9 aromatic carbocycles. The summed E-state index contributed by atoms with van der Waals surface area (Å²) in [5.74, 6) is 2.27. The summed E-state index contributed by atoms with van der Waals surface area (Å²) >= 11 is 0. The van der Waals surface area contributed by atoms with Crippen molar-refractivity contribution < 1.29 is 23.0 Å². The number of ether oxygens (including phenoxy) is 3. The van der Waals surface area contributed by atoms with E-state index >= 15 is 0 Å². The van der Waals surface area contributed by atoms with Crippen LogP contribution in [-0.4, -0.2) is 0 Å². The zero-order valence-electron chi connectivity index (χ0n) is 36.6. The van der Waals surface area contributed by atoms with E-state index < -0.39 is 0 Å². The summed E-state index contributed by atoms with van der Waals surface area (Å²) in [6.45, 7) is 0. The quantitative estimate of drug-likeness (QED) is 0.171. The molecule has 2 atom stereocenters. The van der Waals surface area contributed by atoms with Crippen LogP contribution < -0.4 is 19.3 Å². The van der Waals surface area contributed by atoms with Gasteiger partial charge in [0.1, 0.15) is 40.0 Å². The molecule has 0 N–H and O–H groups in total. The third kappa shape index (κ3) is 5.36. The number of rotatable bonds is 4. The maximum absolute atomic E-state index is 12.1. The van der Waals surface area contributed by atoms with Crippen molar-refractivity contribution in [2.75, 3.05) is 9.80 Å². The van der Waals surface area contributed by atoms with Crippen molar-refractivity contribution in [3.63, 3.8) is 0 Å². The van der Waals surface area contributed by atoms with Crippen molar-refractivity contribution in [1.82, 2.24) is 0 Å². The second-order valence-corrected chi connectivity index (χ2v) is 18.0. The Kier molecular flexibility index (Phi) is 7.75. The van der Waals surface area contributed by atoms with Gasteiger partial charge in [-0.05, 0) is 83.6 Å². The third-order valence-corrected chi connectivity index (χ3v) is 14.3. The summed E-state index contributed by atoms with van der Waals surface area (Å²) < 4.78 is 33.6. The standard InChI is InChI=1S/C60H34N4O5/c61-31-41-57-49-23-24-50(67-49)58(57)60(64-44-22-20-36(34-13-5-2-6-14-34)26-54(44)69-56-30-52-40(28-46(56)64)38-16-8-10-18-48(38)66-52)42(32-62)59(41)63-43-21-19-35(33-11-3-1-4-12-33)25-53(43)68-55-29-51-39(27-45(55)63)37-15-7-9-17-47(37)65-51/h1-22,25-30,49-50H,23-24H2. The molecule has 11 aromatic rings. The van der Waals surface area contributed by atoms with Crippen LogP contribution in [0.2, 0.25) is 0 Å². The van der Waals surface area contributed by atoms with Crippen LogP contribution in [0.1, 0.15) is 47.3 Å². The van der Waals surface area contributed by atoms with E-state index in [4.69, 9.17) is 23.0 Å². The fourth-order valence-electron chi connectivity index (χ4n) is 11.3. The molecule has 0 saturated carbocycles. The Bertz CT molecular complexity index is 4120. The van der Waals surface area contributed by atoms with E-state index in [1.807, 2.05) is 103 Å². The lowest BCUT2D eigenvalue weighted by atomic mass is 9.82. The number of anilines is 6. The van der Waals surface area contributed by atoms with Crippen molar-refractivity contribution in [2.24, 2.45) is 0 Å². The highest BCUT2D eigenvalue weighted by Crippen LogP contribution is 2.64. The Balaban J connectivity index is 1.05. The van der Waals surface area contributed by atoms with E-state index in [9.17, 15) is 10.5 Å². The molecule has 2 unspecified atom stereocenters. The molecule has 69 heavy (non-hydrogen) atoms. The Hall–Kier alpha value is -9.28. The van der Waals surface area contributed by atoms with Crippen LogP contribution in [0.3, 0.4) is 0 Å². The van der Waals surface area contributed by atoms with Crippen LogP contribution in [0.15, 0.2) is 179 Å². The lowest BCUT2D eigenvalue weighted by Crippen LogP contribution is -2.24. The SMILES string of the molecule is N#Cc1c2c(c(N3c4ccc(-c5ccccc5)cc4Oc4cc5oc6ccccc6c5cc43)c(C#N)c1N1c3ccc(-c4ccccc4)cc3Oc3cc4oc5ccccc5c4cc31)C1CCC2O1. The predicted octanol–water partition coefficient (Wildman–Crippen LogP) is 16.6. The molecule has 0 aliphatic carbocycles. The molecule has 4 aliphatic rings. The number of nitriles is 2. The highest BCUT2D eigenvalue weighted by atomic mass is 16.5. The van der Waals surface area contributed by atoms with E-state index in [2.05, 4.69) is 88.7 Å². The van der Waals surface area contributed by atoms with Gasteiger partial charge in [-0.3, -0.25) is 0 Å². The van der Waals surface area contributed by atoms with Gasteiger partial charge in [0, 0.05) is 44.8 Å². The van der Waals surface area contributed by atoms with E-state index in [-0.39, 0.29) is 12.2 Å². The van der Waals surface area contributed by atoms with E-state index in [1.165, 1.54) is 0 Å². The molecule has 15 rings (SSSR count). The Morgan fingerprint density at radius 2 is 0.855 bits per heavy atom. The Labute approximate surface area is 394 Å². The number of hydrogen-bond acceptors (Lipinski definition) is 9. The monoisotopic (exact) mass is 890 g/mol. The number of benzene rings is 9. The molecular formula is C60H34N4O5. The summed E-state index contributed by atoms with van der Waals surface area (Å²) in [7, 11) is 0. The Morgan fingerprint density at radius 1 is 0.391 bits per heavy atom. The third-order valence-electron chi connectivity index (χ3n) is 14.3. The van der Waals surface area contributed by atoms with Crippen LogP contribution in [0.4, 0.5) is 34.1 Å². The number of para-hydroxylation sites is 2. The molecule has 9 nitrogen and oxygen atoms in total. The first-order valence-electron chi connectivity index (χ1n) is 23.0. The summed E-state index contributed by atoms with van der Waals surface area (Å²) in [6, 6.07) is 62.1. The minimum absolute atomic E-state index is 0.313. The highest BCUT2D eigenvalue weighted by molar-refractivity contribution is 6.11. The fraction of sp³-hybridized carbons (Fsp3) is 0.0667. The molecule has 2 bridgehead atoms. The zero-order chi connectivity index (χ0) is 45.5. The molecule has 0 amide bonds. The van der Waals surface area contributed by atoms with Crippen molar-refractivity contribution in [2.45, 2.75) is 25.0 Å². The lowest BCUT2D eigenvalue weighted by Gasteiger charge is -2.39. The molecule has 1 fully saturated rings. The second kappa shape index (κ2) is 14.1. The first kappa shape index (κ1) is 37.9. The van der Waals surface area contributed by atoms with E-state index in [0.29, 0.717) is 68.0 Å². The van der Waals surface area contributed by atoms with E-state index in [1.54, 1.807) is 0 Å². The molecule has 2 aromatic heterocycles. The molecule has 0 radical (unpaired) electrons.